The highest BCUT2D eigenvalue weighted by Gasteiger charge is 2.18. The van der Waals surface area contributed by atoms with Crippen molar-refractivity contribution in [3.8, 4) is 23.0 Å². The van der Waals surface area contributed by atoms with Gasteiger partial charge >= 0.3 is 5.97 Å². The molecule has 178 valence electrons. The monoisotopic (exact) mass is 528 g/mol. The number of carboxylic acid groups (broad SMARTS) is 1. The van der Waals surface area contributed by atoms with E-state index in [2.05, 4.69) is 10.2 Å². The van der Waals surface area contributed by atoms with Crippen LogP contribution in [0.4, 0.5) is 0 Å². The molecule has 7 nitrogen and oxygen atoms in total. The van der Waals surface area contributed by atoms with Crippen molar-refractivity contribution >= 4 is 47.0 Å². The number of hydrogen-bond acceptors (Lipinski definition) is 7. The maximum Gasteiger partial charge on any atom is 0.342 e. The van der Waals surface area contributed by atoms with Gasteiger partial charge in [0, 0.05) is 10.0 Å². The molecule has 1 aromatic heterocycles. The van der Waals surface area contributed by atoms with Gasteiger partial charge in [-0.2, -0.15) is 0 Å². The third-order valence-electron chi connectivity index (χ3n) is 4.68. The van der Waals surface area contributed by atoms with Gasteiger partial charge in [-0.25, -0.2) is 4.79 Å². The fourth-order valence-electron chi connectivity index (χ4n) is 3.04. The molecular weight excluding hydrogens is 511 g/mol. The molecule has 0 aliphatic heterocycles. The van der Waals surface area contributed by atoms with Crippen LogP contribution in [0.25, 0.3) is 17.5 Å². The molecule has 4 rings (SSSR count). The van der Waals surface area contributed by atoms with Gasteiger partial charge in [0.15, 0.2) is 0 Å². The number of thioether (sulfide) groups is 1. The van der Waals surface area contributed by atoms with E-state index < -0.39 is 5.97 Å². The number of halogens is 2. The molecule has 0 unspecified atom stereocenters. The van der Waals surface area contributed by atoms with E-state index in [0.29, 0.717) is 39.3 Å². The van der Waals surface area contributed by atoms with Crippen LogP contribution in [0.15, 0.2) is 81.3 Å². The Morgan fingerprint density at radius 3 is 2.54 bits per heavy atom. The van der Waals surface area contributed by atoms with Crippen LogP contribution in [-0.4, -0.2) is 28.4 Å². The number of ether oxygens (including phenoxy) is 2. The number of nitrogens with zero attached hydrogens (tertiary/aromatic N) is 2. The lowest BCUT2D eigenvalue weighted by Gasteiger charge is -2.07. The van der Waals surface area contributed by atoms with Crippen LogP contribution in [0.3, 0.4) is 0 Å². The lowest BCUT2D eigenvalue weighted by Crippen LogP contribution is -1.97. The highest BCUT2D eigenvalue weighted by atomic mass is 35.5. The summed E-state index contributed by atoms with van der Waals surface area (Å²) in [6, 6.07) is 19.4. The fraction of sp³-hybridized carbons (Fsp3) is 0.0800. The van der Waals surface area contributed by atoms with Gasteiger partial charge in [-0.3, -0.25) is 0 Å². The van der Waals surface area contributed by atoms with Gasteiger partial charge in [0.05, 0.1) is 12.7 Å². The highest BCUT2D eigenvalue weighted by Crippen LogP contribution is 2.35. The molecule has 0 bridgehead atoms. The summed E-state index contributed by atoms with van der Waals surface area (Å²) in [6.45, 7) is 0.364. The van der Waals surface area contributed by atoms with E-state index in [1.54, 1.807) is 48.5 Å². The SMILES string of the molecule is COc1ccc(Cl)cc1-c1nnc(S/C(=C\c2ccc(OCc3cccc(Cl)c3)cc2)C(=O)O)o1. The molecule has 0 radical (unpaired) electrons. The normalized spacial score (nSPS) is 11.3. The maximum atomic E-state index is 11.8. The zero-order valence-electron chi connectivity index (χ0n) is 18.3. The van der Waals surface area contributed by atoms with E-state index in [0.717, 1.165) is 17.3 Å². The molecule has 1 N–H and O–H groups in total. The summed E-state index contributed by atoms with van der Waals surface area (Å²) in [5.41, 5.74) is 2.12. The third kappa shape index (κ3) is 6.57. The molecule has 0 aliphatic rings. The standard InChI is InChI=1S/C25H18Cl2N2O5S/c1-32-21-10-7-18(27)13-20(21)23-28-29-25(34-23)35-22(24(30)31)12-15-5-8-19(9-6-15)33-14-16-3-2-4-17(26)11-16/h2-13H,14H2,1H3,(H,30,31)/b22-12-. The Kier molecular flexibility index (Phi) is 7.97. The van der Waals surface area contributed by atoms with Crippen LogP contribution in [0.1, 0.15) is 11.1 Å². The summed E-state index contributed by atoms with van der Waals surface area (Å²) in [5.74, 6) is 0.180. The van der Waals surface area contributed by atoms with Crippen molar-refractivity contribution in [3.05, 3.63) is 92.8 Å². The van der Waals surface area contributed by atoms with Crippen LogP contribution < -0.4 is 9.47 Å². The lowest BCUT2D eigenvalue weighted by molar-refractivity contribution is -0.131. The molecule has 10 heteroatoms. The average Bonchev–Trinajstić information content (AvgIpc) is 3.31. The van der Waals surface area contributed by atoms with Gasteiger partial charge in [-0.05, 0) is 71.4 Å². The Labute approximate surface area is 215 Å². The van der Waals surface area contributed by atoms with Gasteiger partial charge in [0.2, 0.25) is 0 Å². The zero-order chi connectivity index (χ0) is 24.8. The molecule has 0 saturated heterocycles. The van der Waals surface area contributed by atoms with Gasteiger partial charge < -0.3 is 19.0 Å². The smallest absolute Gasteiger partial charge is 0.342 e. The van der Waals surface area contributed by atoms with Gasteiger partial charge in [-0.15, -0.1) is 10.2 Å². The van der Waals surface area contributed by atoms with Crippen molar-refractivity contribution in [2.45, 2.75) is 11.8 Å². The van der Waals surface area contributed by atoms with E-state index in [4.69, 9.17) is 37.1 Å². The van der Waals surface area contributed by atoms with Crippen molar-refractivity contribution in [3.63, 3.8) is 0 Å². The van der Waals surface area contributed by atoms with Crippen molar-refractivity contribution in [1.29, 1.82) is 0 Å². The number of carboxylic acids is 1. The molecule has 3 aromatic carbocycles. The van der Waals surface area contributed by atoms with E-state index in [1.807, 2.05) is 18.2 Å². The van der Waals surface area contributed by atoms with Crippen LogP contribution in [0.2, 0.25) is 10.0 Å². The highest BCUT2D eigenvalue weighted by molar-refractivity contribution is 8.03. The Morgan fingerprint density at radius 1 is 1.06 bits per heavy atom. The molecule has 35 heavy (non-hydrogen) atoms. The number of rotatable bonds is 9. The minimum absolute atomic E-state index is 0.00542. The second kappa shape index (κ2) is 11.3. The summed E-state index contributed by atoms with van der Waals surface area (Å²) in [5, 5.41) is 18.8. The summed E-state index contributed by atoms with van der Waals surface area (Å²) in [6.07, 6.45) is 1.51. The first-order valence-electron chi connectivity index (χ1n) is 10.2. The van der Waals surface area contributed by atoms with Crippen molar-refractivity contribution in [1.82, 2.24) is 10.2 Å². The first kappa shape index (κ1) is 24.7. The predicted octanol–water partition coefficient (Wildman–Crippen LogP) is 6.85. The molecule has 0 atom stereocenters. The minimum Gasteiger partial charge on any atom is -0.496 e. The number of methoxy groups -OCH3 is 1. The summed E-state index contributed by atoms with van der Waals surface area (Å²) in [4.78, 5) is 11.8. The Hall–Kier alpha value is -3.46. The molecule has 4 aromatic rings. The van der Waals surface area contributed by atoms with Crippen LogP contribution in [-0.2, 0) is 11.4 Å². The first-order valence-corrected chi connectivity index (χ1v) is 11.8. The molecule has 0 saturated carbocycles. The quantitative estimate of drug-likeness (QED) is 0.186. The van der Waals surface area contributed by atoms with E-state index in [9.17, 15) is 9.90 Å². The Balaban J connectivity index is 1.46. The van der Waals surface area contributed by atoms with E-state index >= 15 is 0 Å². The molecule has 0 aliphatic carbocycles. The molecule has 0 spiro atoms. The lowest BCUT2D eigenvalue weighted by atomic mass is 10.2. The summed E-state index contributed by atoms with van der Waals surface area (Å²) >= 11 is 12.9. The Bertz CT molecular complexity index is 1370. The molecule has 0 fully saturated rings. The predicted molar refractivity (Wildman–Crippen MR) is 135 cm³/mol. The molecule has 1 heterocycles. The van der Waals surface area contributed by atoms with E-state index in [-0.39, 0.29) is 16.0 Å². The second-order valence-corrected chi connectivity index (χ2v) is 8.99. The fourth-order valence-corrected chi connectivity index (χ4v) is 4.10. The molecule has 0 amide bonds. The van der Waals surface area contributed by atoms with Crippen LogP contribution >= 0.6 is 35.0 Å². The van der Waals surface area contributed by atoms with Crippen molar-refractivity contribution in [2.75, 3.05) is 7.11 Å². The maximum absolute atomic E-state index is 11.8. The number of hydrogen-bond donors (Lipinski definition) is 1. The van der Waals surface area contributed by atoms with Crippen LogP contribution in [0.5, 0.6) is 11.5 Å². The summed E-state index contributed by atoms with van der Waals surface area (Å²) in [7, 11) is 1.51. The van der Waals surface area contributed by atoms with Crippen LogP contribution in [0, 0.1) is 0 Å². The molecular formula is C25H18Cl2N2O5S. The Morgan fingerprint density at radius 2 is 1.83 bits per heavy atom. The topological polar surface area (TPSA) is 94.7 Å². The summed E-state index contributed by atoms with van der Waals surface area (Å²) < 4.78 is 16.7. The number of aromatic nitrogens is 2. The zero-order valence-corrected chi connectivity index (χ0v) is 20.6. The van der Waals surface area contributed by atoms with Gasteiger partial charge in [-0.1, -0.05) is 47.5 Å². The number of benzene rings is 3. The minimum atomic E-state index is -1.13. The van der Waals surface area contributed by atoms with E-state index in [1.165, 1.54) is 13.2 Å². The largest absolute Gasteiger partial charge is 0.496 e. The number of aliphatic carboxylic acids is 1. The van der Waals surface area contributed by atoms with Crippen molar-refractivity contribution in [2.24, 2.45) is 0 Å². The average molecular weight is 529 g/mol. The number of carbonyl (C=O) groups is 1. The first-order chi connectivity index (χ1) is 16.9. The van der Waals surface area contributed by atoms with Crippen molar-refractivity contribution < 1.29 is 23.8 Å². The second-order valence-electron chi connectivity index (χ2n) is 7.12. The third-order valence-corrected chi connectivity index (χ3v) is 6.00. The van der Waals surface area contributed by atoms with Gasteiger partial charge in [0.1, 0.15) is 23.0 Å². The van der Waals surface area contributed by atoms with Gasteiger partial charge in [0.25, 0.3) is 11.1 Å².